The normalized spacial score (nSPS) is 16.7. The molecule has 0 fully saturated rings. The van der Waals surface area contributed by atoms with E-state index in [0.29, 0.717) is 0 Å². The van der Waals surface area contributed by atoms with Crippen LogP contribution in [-0.2, 0) is 0 Å². The zero-order valence-electron chi connectivity index (χ0n) is 4.06. The van der Waals surface area contributed by atoms with E-state index in [9.17, 15) is 4.39 Å². The summed E-state index contributed by atoms with van der Waals surface area (Å²) in [6, 6.07) is 0. The maximum atomic E-state index is 11.5. The Balaban J connectivity index is 3.56. The number of aliphatic hydroxyl groups excluding tert-OH is 1. The Bertz CT molecular complexity index is 79.8. The highest BCUT2D eigenvalue weighted by molar-refractivity contribution is 4.95. The van der Waals surface area contributed by atoms with Crippen molar-refractivity contribution in [2.45, 2.75) is 13.3 Å². The SMILES string of the molecule is C/C=C(/N)C(O)F. The second kappa shape index (κ2) is 2.58. The van der Waals surface area contributed by atoms with Gasteiger partial charge in [0.15, 0.2) is 0 Å². The van der Waals surface area contributed by atoms with Gasteiger partial charge in [-0.1, -0.05) is 6.08 Å². The molecule has 1 atom stereocenters. The number of allylic oxidation sites excluding steroid dienone is 1. The van der Waals surface area contributed by atoms with E-state index in [1.54, 1.807) is 6.92 Å². The van der Waals surface area contributed by atoms with Crippen molar-refractivity contribution < 1.29 is 9.50 Å². The number of alkyl halides is 1. The fourth-order valence-corrected chi connectivity index (χ4v) is 0.138. The molecular weight excluding hydrogens is 97.0 g/mol. The summed E-state index contributed by atoms with van der Waals surface area (Å²) in [7, 11) is 0. The number of halogens is 1. The molecule has 3 N–H and O–H groups in total. The molecule has 0 aromatic rings. The third kappa shape index (κ3) is 2.17. The summed E-state index contributed by atoms with van der Waals surface area (Å²) in [6.45, 7) is 1.55. The Labute approximate surface area is 41.4 Å². The third-order valence-electron chi connectivity index (χ3n) is 0.608. The maximum absolute atomic E-state index is 11.5. The van der Waals surface area contributed by atoms with Crippen LogP contribution in [0.4, 0.5) is 4.39 Å². The van der Waals surface area contributed by atoms with E-state index in [1.165, 1.54) is 6.08 Å². The van der Waals surface area contributed by atoms with Crippen LogP contribution < -0.4 is 5.73 Å². The van der Waals surface area contributed by atoms with E-state index < -0.39 is 6.36 Å². The minimum Gasteiger partial charge on any atom is -0.398 e. The predicted molar refractivity (Wildman–Crippen MR) is 25.1 cm³/mol. The van der Waals surface area contributed by atoms with E-state index in [4.69, 9.17) is 10.8 Å². The smallest absolute Gasteiger partial charge is 0.236 e. The van der Waals surface area contributed by atoms with E-state index in [1.807, 2.05) is 0 Å². The lowest BCUT2D eigenvalue weighted by Crippen LogP contribution is -2.10. The summed E-state index contributed by atoms with van der Waals surface area (Å²) in [5.41, 5.74) is 4.71. The molecule has 0 radical (unpaired) electrons. The van der Waals surface area contributed by atoms with Crippen LogP contribution >= 0.6 is 0 Å². The molecule has 0 spiro atoms. The van der Waals surface area contributed by atoms with Gasteiger partial charge in [0.05, 0.1) is 5.70 Å². The second-order valence-electron chi connectivity index (χ2n) is 1.12. The quantitative estimate of drug-likeness (QED) is 0.498. The van der Waals surface area contributed by atoms with Crippen LogP contribution in [0.5, 0.6) is 0 Å². The molecule has 0 bridgehead atoms. The maximum Gasteiger partial charge on any atom is 0.236 e. The van der Waals surface area contributed by atoms with E-state index in [0.717, 1.165) is 0 Å². The summed E-state index contributed by atoms with van der Waals surface area (Å²) in [4.78, 5) is 0. The highest BCUT2D eigenvalue weighted by atomic mass is 19.1. The Morgan fingerprint density at radius 3 is 2.43 bits per heavy atom. The Morgan fingerprint density at radius 2 is 2.43 bits per heavy atom. The third-order valence-corrected chi connectivity index (χ3v) is 0.608. The molecule has 2 nitrogen and oxygen atoms in total. The topological polar surface area (TPSA) is 46.2 Å². The van der Waals surface area contributed by atoms with Crippen LogP contribution in [0.2, 0.25) is 0 Å². The number of hydrogen-bond donors (Lipinski definition) is 2. The highest BCUT2D eigenvalue weighted by Crippen LogP contribution is 1.92. The molecule has 0 aliphatic rings. The van der Waals surface area contributed by atoms with Gasteiger partial charge in [0, 0.05) is 0 Å². The van der Waals surface area contributed by atoms with E-state index in [2.05, 4.69) is 0 Å². The van der Waals surface area contributed by atoms with Crippen LogP contribution in [0.15, 0.2) is 11.8 Å². The lowest BCUT2D eigenvalue weighted by molar-refractivity contribution is 0.0753. The Morgan fingerprint density at radius 1 is 2.00 bits per heavy atom. The summed E-state index contributed by atoms with van der Waals surface area (Å²) < 4.78 is 11.5. The van der Waals surface area contributed by atoms with Gasteiger partial charge in [-0.05, 0) is 6.92 Å². The largest absolute Gasteiger partial charge is 0.398 e. The first-order valence-corrected chi connectivity index (χ1v) is 1.92. The van der Waals surface area contributed by atoms with Crippen molar-refractivity contribution >= 4 is 0 Å². The summed E-state index contributed by atoms with van der Waals surface area (Å²) in [5, 5.41) is 7.96. The minimum atomic E-state index is -2.00. The zero-order chi connectivity index (χ0) is 5.86. The van der Waals surface area contributed by atoms with Gasteiger partial charge in [0.25, 0.3) is 0 Å². The van der Waals surface area contributed by atoms with Crippen molar-refractivity contribution in [2.75, 3.05) is 0 Å². The molecule has 42 valence electrons. The van der Waals surface area contributed by atoms with Crippen LogP contribution in [0.1, 0.15) is 6.92 Å². The van der Waals surface area contributed by atoms with Crippen molar-refractivity contribution in [1.82, 2.24) is 0 Å². The van der Waals surface area contributed by atoms with Gasteiger partial charge in [-0.2, -0.15) is 0 Å². The Kier molecular flexibility index (Phi) is 2.37. The summed E-state index contributed by atoms with van der Waals surface area (Å²) in [5.74, 6) is 0. The number of hydrogen-bond acceptors (Lipinski definition) is 2. The fourth-order valence-electron chi connectivity index (χ4n) is 0.138. The van der Waals surface area contributed by atoms with Gasteiger partial charge in [-0.15, -0.1) is 0 Å². The van der Waals surface area contributed by atoms with E-state index >= 15 is 0 Å². The second-order valence-corrected chi connectivity index (χ2v) is 1.12. The molecule has 0 heterocycles. The first-order chi connectivity index (χ1) is 3.18. The average Bonchev–Trinajstić information content (AvgIpc) is 1.65. The van der Waals surface area contributed by atoms with Gasteiger partial charge >= 0.3 is 0 Å². The van der Waals surface area contributed by atoms with Crippen LogP contribution in [0.25, 0.3) is 0 Å². The minimum absolute atomic E-state index is 0.139. The predicted octanol–water partition coefficient (Wildman–Crippen LogP) is 0.137. The number of rotatable bonds is 1. The number of nitrogens with two attached hydrogens (primary N) is 1. The van der Waals surface area contributed by atoms with Gasteiger partial charge in [-0.25, -0.2) is 4.39 Å². The molecule has 0 saturated carbocycles. The average molecular weight is 105 g/mol. The van der Waals surface area contributed by atoms with Crippen LogP contribution in [-0.4, -0.2) is 11.5 Å². The summed E-state index contributed by atoms with van der Waals surface area (Å²) in [6.07, 6.45) is -0.685. The van der Waals surface area contributed by atoms with Gasteiger partial charge in [0.2, 0.25) is 6.36 Å². The van der Waals surface area contributed by atoms with Crippen molar-refractivity contribution in [3.05, 3.63) is 11.8 Å². The van der Waals surface area contributed by atoms with Crippen molar-refractivity contribution in [1.29, 1.82) is 0 Å². The molecule has 3 heteroatoms. The van der Waals surface area contributed by atoms with E-state index in [-0.39, 0.29) is 5.70 Å². The molecule has 0 rings (SSSR count). The fraction of sp³-hybridized carbons (Fsp3) is 0.500. The van der Waals surface area contributed by atoms with Gasteiger partial charge < -0.3 is 10.8 Å². The first kappa shape index (κ1) is 6.43. The zero-order valence-corrected chi connectivity index (χ0v) is 4.06. The van der Waals surface area contributed by atoms with Crippen LogP contribution in [0, 0.1) is 0 Å². The Hall–Kier alpha value is -0.570. The molecule has 0 aliphatic heterocycles. The van der Waals surface area contributed by atoms with Crippen molar-refractivity contribution in [3.63, 3.8) is 0 Å². The standard InChI is InChI=1S/C4H8FNO/c1-2-3(6)4(5)7/h2,4,7H,6H2,1H3/b3-2+. The lowest BCUT2D eigenvalue weighted by atomic mass is 10.4. The van der Waals surface area contributed by atoms with Crippen molar-refractivity contribution in [2.24, 2.45) is 5.73 Å². The molecule has 7 heavy (non-hydrogen) atoms. The number of aliphatic hydroxyl groups is 1. The summed E-state index contributed by atoms with van der Waals surface area (Å²) >= 11 is 0. The monoisotopic (exact) mass is 105 g/mol. The molecule has 0 amide bonds. The van der Waals surface area contributed by atoms with Gasteiger partial charge in [0.1, 0.15) is 0 Å². The first-order valence-electron chi connectivity index (χ1n) is 1.92. The highest BCUT2D eigenvalue weighted by Gasteiger charge is 1.98. The molecule has 0 aliphatic carbocycles. The molecule has 0 saturated heterocycles. The lowest BCUT2D eigenvalue weighted by Gasteiger charge is -1.95. The van der Waals surface area contributed by atoms with Gasteiger partial charge in [-0.3, -0.25) is 0 Å². The van der Waals surface area contributed by atoms with Crippen LogP contribution in [0.3, 0.4) is 0 Å². The molecule has 0 aromatic carbocycles. The molecule has 1 unspecified atom stereocenters. The van der Waals surface area contributed by atoms with Crippen molar-refractivity contribution in [3.8, 4) is 0 Å². The molecule has 0 aromatic heterocycles. The molecular formula is C4H8FNO.